The predicted octanol–water partition coefficient (Wildman–Crippen LogP) is 3.77. The largest absolute Gasteiger partial charge is 0.493 e. The highest BCUT2D eigenvalue weighted by atomic mass is 79.9. The highest BCUT2D eigenvalue weighted by molar-refractivity contribution is 9.10. The van der Waals surface area contributed by atoms with Crippen molar-refractivity contribution in [3.8, 4) is 5.75 Å². The third-order valence-corrected chi connectivity index (χ3v) is 4.52. The molecule has 0 radical (unpaired) electrons. The molecule has 0 heterocycles. The molecule has 0 aliphatic carbocycles. The van der Waals surface area contributed by atoms with E-state index in [1.807, 2.05) is 38.1 Å². The number of carbonyl (C=O) groups is 2. The summed E-state index contributed by atoms with van der Waals surface area (Å²) in [7, 11) is 0. The zero-order valence-corrected chi connectivity index (χ0v) is 17.3. The van der Waals surface area contributed by atoms with Crippen molar-refractivity contribution >= 4 is 27.7 Å². The van der Waals surface area contributed by atoms with Crippen molar-refractivity contribution in [1.29, 1.82) is 0 Å². The Balaban J connectivity index is 1.59. The molecular formula is C21H25BrN2O3. The van der Waals surface area contributed by atoms with E-state index in [9.17, 15) is 9.59 Å². The molecule has 2 rings (SSSR count). The van der Waals surface area contributed by atoms with Crippen molar-refractivity contribution in [3.63, 3.8) is 0 Å². The predicted molar refractivity (Wildman–Crippen MR) is 110 cm³/mol. The lowest BCUT2D eigenvalue weighted by Crippen LogP contribution is -2.34. The Labute approximate surface area is 168 Å². The topological polar surface area (TPSA) is 67.4 Å². The minimum Gasteiger partial charge on any atom is -0.493 e. The van der Waals surface area contributed by atoms with Crippen molar-refractivity contribution in [1.82, 2.24) is 10.6 Å². The number of rotatable bonds is 9. The van der Waals surface area contributed by atoms with Gasteiger partial charge in [0.2, 0.25) is 5.91 Å². The minimum absolute atomic E-state index is 0.0446. The number of para-hydroxylation sites is 1. The summed E-state index contributed by atoms with van der Waals surface area (Å²) in [4.78, 5) is 23.8. The number of ether oxygens (including phenoxy) is 1. The van der Waals surface area contributed by atoms with Crippen molar-refractivity contribution in [2.45, 2.75) is 26.7 Å². The summed E-state index contributed by atoms with van der Waals surface area (Å²) >= 11 is 3.34. The van der Waals surface area contributed by atoms with Gasteiger partial charge in [-0.15, -0.1) is 0 Å². The highest BCUT2D eigenvalue weighted by Crippen LogP contribution is 2.22. The van der Waals surface area contributed by atoms with E-state index in [2.05, 4.69) is 26.6 Å². The molecule has 0 aliphatic rings. The summed E-state index contributed by atoms with van der Waals surface area (Å²) in [5.74, 6) is 0.692. The molecule has 2 aromatic carbocycles. The molecule has 2 amide bonds. The fourth-order valence-electron chi connectivity index (χ4n) is 2.63. The molecule has 6 heteroatoms. The number of amides is 2. The fraction of sp³-hybridized carbons (Fsp3) is 0.333. The molecule has 0 unspecified atom stereocenters. The Morgan fingerprint density at radius 3 is 2.37 bits per heavy atom. The van der Waals surface area contributed by atoms with Gasteiger partial charge in [0.05, 0.1) is 6.61 Å². The maximum atomic E-state index is 12.0. The molecule has 0 saturated carbocycles. The average Bonchev–Trinajstić information content (AvgIpc) is 2.64. The first-order valence-corrected chi connectivity index (χ1v) is 9.76. The molecule has 5 nitrogen and oxygen atoms in total. The van der Waals surface area contributed by atoms with Crippen LogP contribution in [-0.2, 0) is 4.79 Å². The second-order valence-electron chi connectivity index (χ2n) is 6.29. The third-order valence-electron chi connectivity index (χ3n) is 4.02. The lowest BCUT2D eigenvalue weighted by molar-refractivity contribution is -0.121. The number of hydrogen-bond donors (Lipinski definition) is 2. The Bertz CT molecular complexity index is 772. The molecule has 2 aromatic rings. The summed E-state index contributed by atoms with van der Waals surface area (Å²) in [5, 5.41) is 5.59. The molecule has 0 atom stereocenters. The number of benzene rings is 2. The van der Waals surface area contributed by atoms with Gasteiger partial charge in [0.25, 0.3) is 5.91 Å². The summed E-state index contributed by atoms with van der Waals surface area (Å²) in [5.41, 5.74) is 2.78. The molecule has 144 valence electrons. The summed E-state index contributed by atoms with van der Waals surface area (Å²) in [6.45, 7) is 5.31. The SMILES string of the molecule is Cc1cccc(C)c1OCCCC(=O)NCCNC(=O)c1cccc(Br)c1. The molecule has 0 saturated heterocycles. The molecule has 27 heavy (non-hydrogen) atoms. The fourth-order valence-corrected chi connectivity index (χ4v) is 3.03. The van der Waals surface area contributed by atoms with E-state index in [0.717, 1.165) is 21.3 Å². The number of nitrogens with one attached hydrogen (secondary N) is 2. The second-order valence-corrected chi connectivity index (χ2v) is 7.20. The normalized spacial score (nSPS) is 10.3. The van der Waals surface area contributed by atoms with Gasteiger partial charge in [0.1, 0.15) is 5.75 Å². The molecule has 0 aliphatic heterocycles. The van der Waals surface area contributed by atoms with E-state index >= 15 is 0 Å². The molecule has 0 bridgehead atoms. The quantitative estimate of drug-likeness (QED) is 0.592. The van der Waals surface area contributed by atoms with Crippen LogP contribution in [0.3, 0.4) is 0 Å². The van der Waals surface area contributed by atoms with Crippen LogP contribution < -0.4 is 15.4 Å². The molecule has 2 N–H and O–H groups in total. The number of halogens is 1. The van der Waals surface area contributed by atoms with Gasteiger partial charge in [0.15, 0.2) is 0 Å². The van der Waals surface area contributed by atoms with E-state index in [4.69, 9.17) is 4.74 Å². The maximum absolute atomic E-state index is 12.0. The minimum atomic E-state index is -0.160. The van der Waals surface area contributed by atoms with Crippen LogP contribution >= 0.6 is 15.9 Å². The van der Waals surface area contributed by atoms with Crippen molar-refractivity contribution in [2.75, 3.05) is 19.7 Å². The van der Waals surface area contributed by atoms with Crippen molar-refractivity contribution in [2.24, 2.45) is 0 Å². The van der Waals surface area contributed by atoms with Crippen LogP contribution in [0.4, 0.5) is 0 Å². The van der Waals surface area contributed by atoms with Gasteiger partial charge in [-0.05, 0) is 49.6 Å². The molecule has 0 aromatic heterocycles. The first-order valence-electron chi connectivity index (χ1n) is 8.97. The Morgan fingerprint density at radius 1 is 1.00 bits per heavy atom. The summed E-state index contributed by atoms with van der Waals surface area (Å²) < 4.78 is 6.65. The molecular weight excluding hydrogens is 408 g/mol. The maximum Gasteiger partial charge on any atom is 0.251 e. The van der Waals surface area contributed by atoms with Gasteiger partial charge >= 0.3 is 0 Å². The van der Waals surface area contributed by atoms with E-state index in [1.54, 1.807) is 18.2 Å². The Morgan fingerprint density at radius 2 is 1.67 bits per heavy atom. The van der Waals surface area contributed by atoms with Crippen LogP contribution in [0.15, 0.2) is 46.9 Å². The molecule has 0 fully saturated rings. The zero-order valence-electron chi connectivity index (χ0n) is 15.7. The summed E-state index contributed by atoms with van der Waals surface area (Å²) in [6.07, 6.45) is 1.04. The second kappa shape index (κ2) is 10.7. The van der Waals surface area contributed by atoms with Crippen molar-refractivity contribution < 1.29 is 14.3 Å². The first-order chi connectivity index (χ1) is 13.0. The van der Waals surface area contributed by atoms with E-state index in [1.165, 1.54) is 0 Å². The van der Waals surface area contributed by atoms with Crippen LogP contribution in [0, 0.1) is 13.8 Å². The standard InChI is InChI=1S/C21H25BrN2O3/c1-15-6-3-7-16(2)20(15)27-13-5-10-19(25)23-11-12-24-21(26)17-8-4-9-18(22)14-17/h3-4,6-9,14H,5,10-13H2,1-2H3,(H,23,25)(H,24,26). The van der Waals surface area contributed by atoms with Gasteiger partial charge in [-0.2, -0.15) is 0 Å². The van der Waals surface area contributed by atoms with E-state index in [-0.39, 0.29) is 11.8 Å². The number of carbonyl (C=O) groups excluding carboxylic acids is 2. The van der Waals surface area contributed by atoms with Crippen LogP contribution in [0.25, 0.3) is 0 Å². The lowest BCUT2D eigenvalue weighted by Gasteiger charge is -2.12. The van der Waals surface area contributed by atoms with E-state index < -0.39 is 0 Å². The van der Waals surface area contributed by atoms with Gasteiger partial charge in [-0.1, -0.05) is 40.2 Å². The Kier molecular flexibility index (Phi) is 8.33. The number of aryl methyl sites for hydroxylation is 2. The van der Waals surface area contributed by atoms with E-state index in [0.29, 0.717) is 38.1 Å². The molecule has 0 spiro atoms. The van der Waals surface area contributed by atoms with Crippen LogP contribution in [-0.4, -0.2) is 31.5 Å². The van der Waals surface area contributed by atoms with Gasteiger partial charge < -0.3 is 15.4 Å². The van der Waals surface area contributed by atoms with Crippen molar-refractivity contribution in [3.05, 3.63) is 63.6 Å². The van der Waals surface area contributed by atoms with Crippen LogP contribution in [0.5, 0.6) is 5.75 Å². The van der Waals surface area contributed by atoms with Crippen LogP contribution in [0.1, 0.15) is 34.3 Å². The third kappa shape index (κ3) is 7.06. The first kappa shape index (κ1) is 21.0. The van der Waals surface area contributed by atoms with Gasteiger partial charge in [-0.25, -0.2) is 0 Å². The number of hydrogen-bond acceptors (Lipinski definition) is 3. The monoisotopic (exact) mass is 432 g/mol. The Hall–Kier alpha value is -2.34. The smallest absolute Gasteiger partial charge is 0.251 e. The highest BCUT2D eigenvalue weighted by Gasteiger charge is 2.07. The zero-order chi connectivity index (χ0) is 19.6. The average molecular weight is 433 g/mol. The summed E-state index contributed by atoms with van der Waals surface area (Å²) in [6, 6.07) is 13.2. The lowest BCUT2D eigenvalue weighted by atomic mass is 10.1. The van der Waals surface area contributed by atoms with Gasteiger partial charge in [-0.3, -0.25) is 9.59 Å². The van der Waals surface area contributed by atoms with Crippen LogP contribution in [0.2, 0.25) is 0 Å². The van der Waals surface area contributed by atoms with Gasteiger partial charge in [0, 0.05) is 29.5 Å².